The fourth-order valence-corrected chi connectivity index (χ4v) is 1.98. The van der Waals surface area contributed by atoms with Gasteiger partial charge in [0, 0.05) is 5.54 Å². The monoisotopic (exact) mass is 244 g/mol. The first kappa shape index (κ1) is 16.9. The molecule has 17 heavy (non-hydrogen) atoms. The van der Waals surface area contributed by atoms with Crippen LogP contribution in [0.2, 0.25) is 0 Å². The highest BCUT2D eigenvalue weighted by atomic mass is 16.3. The van der Waals surface area contributed by atoms with Crippen molar-refractivity contribution in [2.75, 3.05) is 33.3 Å². The van der Waals surface area contributed by atoms with E-state index in [1.54, 1.807) is 0 Å². The fourth-order valence-electron chi connectivity index (χ4n) is 1.98. The molecule has 0 aromatic heterocycles. The van der Waals surface area contributed by atoms with E-state index in [0.29, 0.717) is 0 Å². The minimum atomic E-state index is -0.104. The Morgan fingerprint density at radius 2 is 1.94 bits per heavy atom. The van der Waals surface area contributed by atoms with Crippen molar-refractivity contribution < 1.29 is 5.11 Å². The normalized spacial score (nSPS) is 15.5. The second-order valence-corrected chi connectivity index (χ2v) is 5.84. The van der Waals surface area contributed by atoms with Gasteiger partial charge in [0.1, 0.15) is 0 Å². The van der Waals surface area contributed by atoms with Crippen LogP contribution in [0.4, 0.5) is 0 Å². The number of nitrogens with zero attached hydrogens (tertiary/aromatic N) is 1. The Morgan fingerprint density at radius 1 is 1.29 bits per heavy atom. The van der Waals surface area contributed by atoms with Gasteiger partial charge in [-0.2, -0.15) is 0 Å². The number of nitrogens with one attached hydrogen (secondary N) is 1. The van der Waals surface area contributed by atoms with Gasteiger partial charge in [-0.05, 0) is 58.8 Å². The number of aliphatic hydroxyl groups is 1. The summed E-state index contributed by atoms with van der Waals surface area (Å²) < 4.78 is 0. The van der Waals surface area contributed by atoms with Crippen LogP contribution in [0.3, 0.4) is 0 Å². The molecule has 0 saturated carbocycles. The van der Waals surface area contributed by atoms with Crippen LogP contribution in [0.25, 0.3) is 0 Å². The summed E-state index contributed by atoms with van der Waals surface area (Å²) in [5.41, 5.74) is -0.104. The van der Waals surface area contributed by atoms with Crippen molar-refractivity contribution in [3.05, 3.63) is 0 Å². The van der Waals surface area contributed by atoms with Crippen molar-refractivity contribution in [2.24, 2.45) is 5.92 Å². The lowest BCUT2D eigenvalue weighted by molar-refractivity contribution is 0.160. The summed E-state index contributed by atoms with van der Waals surface area (Å²) in [7, 11) is 2.19. The maximum Gasteiger partial charge on any atom is 0.0610 e. The molecule has 0 spiro atoms. The average molecular weight is 244 g/mol. The summed E-state index contributed by atoms with van der Waals surface area (Å²) in [5.74, 6) is 0.780. The lowest BCUT2D eigenvalue weighted by Gasteiger charge is -2.29. The summed E-state index contributed by atoms with van der Waals surface area (Å²) in [5, 5.41) is 12.7. The third-order valence-corrected chi connectivity index (χ3v) is 3.31. The van der Waals surface area contributed by atoms with Crippen LogP contribution in [-0.2, 0) is 0 Å². The van der Waals surface area contributed by atoms with E-state index in [2.05, 4.69) is 45.0 Å². The number of hydrogen-bond donors (Lipinski definition) is 2. The van der Waals surface area contributed by atoms with E-state index in [0.717, 1.165) is 31.8 Å². The Labute approximate surface area is 108 Å². The van der Waals surface area contributed by atoms with Gasteiger partial charge in [-0.15, -0.1) is 0 Å². The Balaban J connectivity index is 3.73. The van der Waals surface area contributed by atoms with Gasteiger partial charge in [0.15, 0.2) is 0 Å². The van der Waals surface area contributed by atoms with E-state index < -0.39 is 0 Å². The lowest BCUT2D eigenvalue weighted by atomic mass is 9.96. The van der Waals surface area contributed by atoms with E-state index in [9.17, 15) is 5.11 Å². The smallest absolute Gasteiger partial charge is 0.0610 e. The molecule has 0 aliphatic heterocycles. The maximum atomic E-state index is 9.38. The zero-order valence-corrected chi connectivity index (χ0v) is 12.4. The van der Waals surface area contributed by atoms with Gasteiger partial charge in [0.05, 0.1) is 6.61 Å². The second kappa shape index (κ2) is 8.90. The molecule has 0 aromatic carbocycles. The molecule has 104 valence electrons. The number of aliphatic hydroxyl groups excluding tert-OH is 1. The fraction of sp³-hybridized carbons (Fsp3) is 1.00. The predicted octanol–water partition coefficient (Wildman–Crippen LogP) is 2.10. The SMILES string of the molecule is CCNC(C)(CO)CCCN(C)CCC(C)C. The Kier molecular flexibility index (Phi) is 8.83. The van der Waals surface area contributed by atoms with Crippen molar-refractivity contribution in [3.8, 4) is 0 Å². The molecule has 3 nitrogen and oxygen atoms in total. The second-order valence-electron chi connectivity index (χ2n) is 5.84. The maximum absolute atomic E-state index is 9.38. The highest BCUT2D eigenvalue weighted by molar-refractivity contribution is 4.81. The number of hydrogen-bond acceptors (Lipinski definition) is 3. The van der Waals surface area contributed by atoms with Crippen LogP contribution < -0.4 is 5.32 Å². The molecule has 0 bridgehead atoms. The standard InChI is InChI=1S/C14H32N2O/c1-6-15-14(4,12-17)9-7-10-16(5)11-8-13(2)3/h13,15,17H,6-12H2,1-5H3. The molecule has 0 saturated heterocycles. The molecular weight excluding hydrogens is 212 g/mol. The molecular formula is C14H32N2O. The first-order valence-corrected chi connectivity index (χ1v) is 6.98. The molecule has 0 aliphatic carbocycles. The molecule has 0 amide bonds. The highest BCUT2D eigenvalue weighted by Gasteiger charge is 2.21. The number of rotatable bonds is 10. The first-order chi connectivity index (χ1) is 7.93. The first-order valence-electron chi connectivity index (χ1n) is 6.98. The zero-order chi connectivity index (χ0) is 13.3. The van der Waals surface area contributed by atoms with Gasteiger partial charge in [-0.25, -0.2) is 0 Å². The van der Waals surface area contributed by atoms with Crippen molar-refractivity contribution in [1.82, 2.24) is 10.2 Å². The van der Waals surface area contributed by atoms with Gasteiger partial charge in [0.25, 0.3) is 0 Å². The number of likely N-dealkylation sites (N-methyl/N-ethyl adjacent to an activating group) is 1. The molecule has 0 rings (SSSR count). The molecule has 1 unspecified atom stereocenters. The Bertz CT molecular complexity index is 185. The molecule has 0 aromatic rings. The van der Waals surface area contributed by atoms with Gasteiger partial charge in [-0.1, -0.05) is 20.8 Å². The van der Waals surface area contributed by atoms with Crippen LogP contribution in [0.5, 0.6) is 0 Å². The molecule has 0 radical (unpaired) electrons. The predicted molar refractivity (Wildman–Crippen MR) is 75.4 cm³/mol. The Morgan fingerprint density at radius 3 is 2.41 bits per heavy atom. The quantitative estimate of drug-likeness (QED) is 0.618. The van der Waals surface area contributed by atoms with Crippen molar-refractivity contribution in [2.45, 2.75) is 52.5 Å². The minimum absolute atomic E-state index is 0.104. The van der Waals surface area contributed by atoms with E-state index in [4.69, 9.17) is 0 Å². The van der Waals surface area contributed by atoms with Gasteiger partial charge < -0.3 is 15.3 Å². The van der Waals surface area contributed by atoms with Crippen LogP contribution in [0, 0.1) is 5.92 Å². The molecule has 0 fully saturated rings. The molecule has 0 aliphatic rings. The topological polar surface area (TPSA) is 35.5 Å². The Hall–Kier alpha value is -0.120. The third kappa shape index (κ3) is 8.58. The van der Waals surface area contributed by atoms with E-state index in [1.165, 1.54) is 13.0 Å². The van der Waals surface area contributed by atoms with E-state index in [1.807, 2.05) is 0 Å². The van der Waals surface area contributed by atoms with E-state index in [-0.39, 0.29) is 12.1 Å². The molecule has 3 heteroatoms. The van der Waals surface area contributed by atoms with Crippen LogP contribution in [0.15, 0.2) is 0 Å². The molecule has 1 atom stereocenters. The van der Waals surface area contributed by atoms with Crippen molar-refractivity contribution in [1.29, 1.82) is 0 Å². The van der Waals surface area contributed by atoms with Crippen LogP contribution in [0.1, 0.15) is 47.0 Å². The summed E-state index contributed by atoms with van der Waals surface area (Å²) in [6.07, 6.45) is 3.43. The van der Waals surface area contributed by atoms with Crippen molar-refractivity contribution in [3.63, 3.8) is 0 Å². The summed E-state index contributed by atoms with van der Waals surface area (Å²) >= 11 is 0. The van der Waals surface area contributed by atoms with Crippen LogP contribution in [-0.4, -0.2) is 48.8 Å². The molecule has 2 N–H and O–H groups in total. The lowest BCUT2D eigenvalue weighted by Crippen LogP contribution is -2.46. The van der Waals surface area contributed by atoms with Crippen LogP contribution >= 0.6 is 0 Å². The van der Waals surface area contributed by atoms with E-state index >= 15 is 0 Å². The highest BCUT2D eigenvalue weighted by Crippen LogP contribution is 2.12. The molecule has 0 heterocycles. The average Bonchev–Trinajstić information content (AvgIpc) is 2.26. The third-order valence-electron chi connectivity index (χ3n) is 3.31. The van der Waals surface area contributed by atoms with Gasteiger partial charge >= 0.3 is 0 Å². The largest absolute Gasteiger partial charge is 0.394 e. The van der Waals surface area contributed by atoms with Gasteiger partial charge in [-0.3, -0.25) is 0 Å². The summed E-state index contributed by atoms with van der Waals surface area (Å²) in [6.45, 7) is 12.1. The minimum Gasteiger partial charge on any atom is -0.394 e. The summed E-state index contributed by atoms with van der Waals surface area (Å²) in [4.78, 5) is 2.39. The summed E-state index contributed by atoms with van der Waals surface area (Å²) in [6, 6.07) is 0. The van der Waals surface area contributed by atoms with Crippen molar-refractivity contribution >= 4 is 0 Å². The zero-order valence-electron chi connectivity index (χ0n) is 12.4. The van der Waals surface area contributed by atoms with Gasteiger partial charge in [0.2, 0.25) is 0 Å².